The molecule has 0 radical (unpaired) electrons. The van der Waals surface area contributed by atoms with Crippen LogP contribution < -0.4 is 5.32 Å². The van der Waals surface area contributed by atoms with Crippen LogP contribution in [0, 0.1) is 19.7 Å². The van der Waals surface area contributed by atoms with Crippen molar-refractivity contribution in [1.29, 1.82) is 0 Å². The van der Waals surface area contributed by atoms with Crippen molar-refractivity contribution in [3.05, 3.63) is 52.4 Å². The monoisotopic (exact) mass is 400 g/mol. The molecule has 2 heterocycles. The van der Waals surface area contributed by atoms with Crippen molar-refractivity contribution < 1.29 is 18.7 Å². The van der Waals surface area contributed by atoms with Gasteiger partial charge in [-0.3, -0.25) is 4.79 Å². The summed E-state index contributed by atoms with van der Waals surface area (Å²) in [5.74, 6) is -1.08. The Morgan fingerprint density at radius 1 is 1.31 bits per heavy atom. The molecule has 29 heavy (non-hydrogen) atoms. The van der Waals surface area contributed by atoms with Crippen LogP contribution in [0.5, 0.6) is 0 Å². The van der Waals surface area contributed by atoms with Gasteiger partial charge in [0.2, 0.25) is 0 Å². The summed E-state index contributed by atoms with van der Waals surface area (Å²) in [5, 5.41) is 13.7. The van der Waals surface area contributed by atoms with Crippen LogP contribution in [0.1, 0.15) is 51.3 Å². The summed E-state index contributed by atoms with van der Waals surface area (Å²) in [6, 6.07) is 4.10. The van der Waals surface area contributed by atoms with E-state index >= 15 is 0 Å². The number of benzene rings is 1. The number of nitrogens with one attached hydrogen (secondary N) is 2. The minimum Gasteiger partial charge on any atom is -0.465 e. The van der Waals surface area contributed by atoms with Crippen LogP contribution in [0.2, 0.25) is 0 Å². The number of carbonyl (C=O) groups excluding carboxylic acids is 2. The maximum Gasteiger partial charge on any atom is 0.339 e. The summed E-state index contributed by atoms with van der Waals surface area (Å²) < 4.78 is 20.3. The Bertz CT molecular complexity index is 1070. The van der Waals surface area contributed by atoms with Crippen LogP contribution in [0.25, 0.3) is 5.69 Å². The lowest BCUT2D eigenvalue weighted by molar-refractivity contribution is 0.0599. The number of ether oxygens (including phenoxy) is 1. The second-order valence-corrected chi connectivity index (χ2v) is 6.48. The standard InChI is InChI=1S/C19H21FN6O3/c1-5-6-13-16(19(28)29-4)10(2)21-17(13)18(27)22-12-7-8-14(20)15(9-12)26-11(3)23-24-25-26/h7-9,21H,5-6H2,1-4H3,(H,22,27). The minimum absolute atomic E-state index is 0.108. The lowest BCUT2D eigenvalue weighted by Gasteiger charge is -2.10. The number of nitrogens with zero attached hydrogens (tertiary/aromatic N) is 4. The molecule has 1 aromatic carbocycles. The first kappa shape index (κ1) is 20.2. The number of tetrazole rings is 1. The van der Waals surface area contributed by atoms with Crippen molar-refractivity contribution in [3.63, 3.8) is 0 Å². The Morgan fingerprint density at radius 3 is 2.69 bits per heavy atom. The zero-order chi connectivity index (χ0) is 21.1. The summed E-state index contributed by atoms with van der Waals surface area (Å²) in [6.45, 7) is 5.29. The highest BCUT2D eigenvalue weighted by Crippen LogP contribution is 2.24. The Balaban J connectivity index is 1.95. The molecule has 2 N–H and O–H groups in total. The summed E-state index contributed by atoms with van der Waals surface area (Å²) in [5.41, 5.74) is 2.24. The molecule has 0 saturated carbocycles. The van der Waals surface area contributed by atoms with Crippen molar-refractivity contribution >= 4 is 17.6 Å². The van der Waals surface area contributed by atoms with Crippen molar-refractivity contribution in [2.45, 2.75) is 33.6 Å². The molecule has 152 valence electrons. The second kappa shape index (κ2) is 8.21. The van der Waals surface area contributed by atoms with Gasteiger partial charge in [-0.2, -0.15) is 4.68 Å². The molecule has 1 amide bonds. The Labute approximate surface area is 166 Å². The molecule has 0 fully saturated rings. The second-order valence-electron chi connectivity index (χ2n) is 6.48. The highest BCUT2D eigenvalue weighted by molar-refractivity contribution is 6.07. The summed E-state index contributed by atoms with van der Waals surface area (Å²) in [6.07, 6.45) is 1.26. The van der Waals surface area contributed by atoms with Gasteiger partial charge >= 0.3 is 5.97 Å². The van der Waals surface area contributed by atoms with E-state index in [9.17, 15) is 14.0 Å². The van der Waals surface area contributed by atoms with E-state index < -0.39 is 17.7 Å². The average Bonchev–Trinajstić information content (AvgIpc) is 3.26. The van der Waals surface area contributed by atoms with E-state index in [1.54, 1.807) is 13.8 Å². The zero-order valence-electron chi connectivity index (χ0n) is 16.5. The van der Waals surface area contributed by atoms with Gasteiger partial charge in [-0.1, -0.05) is 13.3 Å². The van der Waals surface area contributed by atoms with E-state index in [-0.39, 0.29) is 11.4 Å². The highest BCUT2D eigenvalue weighted by atomic mass is 19.1. The lowest BCUT2D eigenvalue weighted by Crippen LogP contribution is -2.16. The van der Waals surface area contributed by atoms with Crippen LogP contribution in [0.15, 0.2) is 18.2 Å². The number of carbonyl (C=O) groups is 2. The first-order valence-corrected chi connectivity index (χ1v) is 9.03. The molecule has 3 rings (SSSR count). The van der Waals surface area contributed by atoms with Crippen LogP contribution in [0.4, 0.5) is 10.1 Å². The van der Waals surface area contributed by atoms with Gasteiger partial charge < -0.3 is 15.0 Å². The quantitative estimate of drug-likeness (QED) is 0.615. The fraction of sp³-hybridized carbons (Fsp3) is 0.316. The topological polar surface area (TPSA) is 115 Å². The van der Waals surface area contributed by atoms with Gasteiger partial charge in [0.15, 0.2) is 5.82 Å². The minimum atomic E-state index is -0.534. The smallest absolute Gasteiger partial charge is 0.339 e. The third kappa shape index (κ3) is 3.86. The Hall–Kier alpha value is -3.56. The summed E-state index contributed by atoms with van der Waals surface area (Å²) in [7, 11) is 1.30. The van der Waals surface area contributed by atoms with Crippen molar-refractivity contribution in [1.82, 2.24) is 25.2 Å². The van der Waals surface area contributed by atoms with Crippen LogP contribution in [-0.2, 0) is 11.2 Å². The number of amides is 1. The molecule has 0 aliphatic rings. The molecule has 0 spiro atoms. The third-order valence-electron chi connectivity index (χ3n) is 4.47. The fourth-order valence-electron chi connectivity index (χ4n) is 3.15. The van der Waals surface area contributed by atoms with Gasteiger partial charge in [0.1, 0.15) is 17.2 Å². The zero-order valence-corrected chi connectivity index (χ0v) is 16.5. The number of aryl methyl sites for hydroxylation is 2. The SMILES string of the molecule is CCCc1c(C(=O)Nc2ccc(F)c(-n3nnnc3C)c2)[nH]c(C)c1C(=O)OC. The van der Waals surface area contributed by atoms with Crippen molar-refractivity contribution in [2.24, 2.45) is 0 Å². The fourth-order valence-corrected chi connectivity index (χ4v) is 3.15. The summed E-state index contributed by atoms with van der Waals surface area (Å²) in [4.78, 5) is 28.0. The number of halogens is 1. The highest BCUT2D eigenvalue weighted by Gasteiger charge is 2.25. The van der Waals surface area contributed by atoms with Crippen LogP contribution >= 0.6 is 0 Å². The number of H-pyrrole nitrogens is 1. The molecule has 2 aromatic heterocycles. The van der Waals surface area contributed by atoms with Gasteiger partial charge in [0, 0.05) is 11.4 Å². The third-order valence-corrected chi connectivity index (χ3v) is 4.47. The molecule has 3 aromatic rings. The van der Waals surface area contributed by atoms with Crippen LogP contribution in [-0.4, -0.2) is 44.2 Å². The number of hydrogen-bond donors (Lipinski definition) is 2. The molecule has 0 bridgehead atoms. The largest absolute Gasteiger partial charge is 0.465 e. The number of aromatic nitrogens is 5. The van der Waals surface area contributed by atoms with E-state index in [4.69, 9.17) is 4.74 Å². The van der Waals surface area contributed by atoms with Gasteiger partial charge in [-0.25, -0.2) is 9.18 Å². The number of aromatic amines is 1. The molecule has 9 nitrogen and oxygen atoms in total. The molecule has 0 atom stereocenters. The molecular formula is C19H21FN6O3. The number of anilines is 1. The lowest BCUT2D eigenvalue weighted by atomic mass is 10.0. The normalized spacial score (nSPS) is 10.8. The summed E-state index contributed by atoms with van der Waals surface area (Å²) >= 11 is 0. The van der Waals surface area contributed by atoms with Gasteiger partial charge in [0.25, 0.3) is 5.91 Å². The molecule has 0 unspecified atom stereocenters. The number of rotatable bonds is 6. The number of hydrogen-bond acceptors (Lipinski definition) is 6. The first-order valence-electron chi connectivity index (χ1n) is 9.03. The van der Waals surface area contributed by atoms with E-state index in [1.807, 2.05) is 6.92 Å². The van der Waals surface area contributed by atoms with Crippen molar-refractivity contribution in [2.75, 3.05) is 12.4 Å². The molecule has 10 heteroatoms. The average molecular weight is 400 g/mol. The maximum absolute atomic E-state index is 14.2. The number of esters is 1. The van der Waals surface area contributed by atoms with Gasteiger partial charge in [0.05, 0.1) is 12.7 Å². The van der Waals surface area contributed by atoms with E-state index in [0.717, 1.165) is 6.42 Å². The van der Waals surface area contributed by atoms with Crippen LogP contribution in [0.3, 0.4) is 0 Å². The van der Waals surface area contributed by atoms with Crippen molar-refractivity contribution in [3.8, 4) is 5.69 Å². The van der Waals surface area contributed by atoms with E-state index in [2.05, 4.69) is 25.8 Å². The van der Waals surface area contributed by atoms with Gasteiger partial charge in [-0.05, 0) is 54.5 Å². The van der Waals surface area contributed by atoms with Gasteiger partial charge in [-0.15, -0.1) is 5.10 Å². The first-order chi connectivity index (χ1) is 13.9. The van der Waals surface area contributed by atoms with E-state index in [1.165, 1.54) is 30.0 Å². The number of methoxy groups -OCH3 is 1. The molecule has 0 aliphatic carbocycles. The molecule has 0 saturated heterocycles. The maximum atomic E-state index is 14.2. The van der Waals surface area contributed by atoms with E-state index in [0.29, 0.717) is 34.8 Å². The predicted octanol–water partition coefficient (Wildman–Crippen LogP) is 2.74. The Kier molecular flexibility index (Phi) is 5.71. The molecular weight excluding hydrogens is 379 g/mol. The molecule has 0 aliphatic heterocycles. The Morgan fingerprint density at radius 2 is 2.07 bits per heavy atom. The predicted molar refractivity (Wildman–Crippen MR) is 103 cm³/mol.